The van der Waals surface area contributed by atoms with Crippen molar-refractivity contribution in [1.82, 2.24) is 4.98 Å². The zero-order valence-electron chi connectivity index (χ0n) is 9.72. The Morgan fingerprint density at radius 3 is 2.68 bits per heavy atom. The van der Waals surface area contributed by atoms with Crippen molar-refractivity contribution < 1.29 is 13.9 Å². The molecule has 2 rings (SSSR count). The van der Waals surface area contributed by atoms with Crippen molar-refractivity contribution in [2.24, 2.45) is 0 Å². The van der Waals surface area contributed by atoms with Gasteiger partial charge >= 0.3 is 5.97 Å². The normalized spacial score (nSPS) is 10.6. The lowest BCUT2D eigenvalue weighted by Crippen LogP contribution is -2.04. The molecule has 0 spiro atoms. The fraction of sp³-hybridized carbons (Fsp3) is 0. The molecular weight excluding hydrogens is 313 g/mol. The summed E-state index contributed by atoms with van der Waals surface area (Å²) in [6, 6.07) is 9.07. The van der Waals surface area contributed by atoms with Crippen molar-refractivity contribution >= 4 is 28.0 Å². The van der Waals surface area contributed by atoms with Gasteiger partial charge in [-0.1, -0.05) is 12.1 Å². The third-order valence-electron chi connectivity index (χ3n) is 2.22. The number of carbonyl (C=O) groups is 1. The third kappa shape index (κ3) is 3.99. The first-order valence-corrected chi connectivity index (χ1v) is 6.20. The zero-order chi connectivity index (χ0) is 13.7. The molecule has 2 aromatic rings. The Hall–Kier alpha value is -2.01. The minimum Gasteiger partial charge on any atom is -0.420 e. The van der Waals surface area contributed by atoms with Crippen LogP contribution in [0.3, 0.4) is 0 Å². The van der Waals surface area contributed by atoms with Crippen molar-refractivity contribution in [3.63, 3.8) is 0 Å². The Morgan fingerprint density at radius 2 is 2.00 bits per heavy atom. The number of esters is 1. The monoisotopic (exact) mass is 321 g/mol. The number of rotatable bonds is 3. The molecule has 96 valence electrons. The minimum atomic E-state index is -0.530. The van der Waals surface area contributed by atoms with Crippen LogP contribution in [0.2, 0.25) is 0 Å². The number of benzene rings is 1. The third-order valence-corrected chi connectivity index (χ3v) is 2.81. The summed E-state index contributed by atoms with van der Waals surface area (Å²) in [6.07, 6.45) is 4.40. The van der Waals surface area contributed by atoms with E-state index in [0.717, 1.165) is 0 Å². The number of aromatic nitrogens is 1. The Morgan fingerprint density at radius 1 is 1.26 bits per heavy atom. The van der Waals surface area contributed by atoms with E-state index in [2.05, 4.69) is 20.9 Å². The van der Waals surface area contributed by atoms with E-state index in [-0.39, 0.29) is 5.82 Å². The topological polar surface area (TPSA) is 39.2 Å². The molecule has 3 nitrogen and oxygen atoms in total. The maximum absolute atomic E-state index is 12.7. The summed E-state index contributed by atoms with van der Waals surface area (Å²) in [6.45, 7) is 0. The van der Waals surface area contributed by atoms with Gasteiger partial charge in [0.25, 0.3) is 0 Å². The number of halogens is 2. The van der Waals surface area contributed by atoms with Crippen molar-refractivity contribution in [2.75, 3.05) is 0 Å². The number of nitrogens with zero attached hydrogens (tertiary/aromatic N) is 1. The molecule has 0 atom stereocenters. The molecule has 0 N–H and O–H groups in total. The molecule has 0 bridgehead atoms. The number of carbonyl (C=O) groups excluding carboxylic acids is 1. The average molecular weight is 322 g/mol. The van der Waals surface area contributed by atoms with Gasteiger partial charge in [0.15, 0.2) is 5.75 Å². The van der Waals surface area contributed by atoms with Crippen molar-refractivity contribution in [3.8, 4) is 5.75 Å². The quantitative estimate of drug-likeness (QED) is 0.492. The first-order valence-electron chi connectivity index (χ1n) is 5.41. The van der Waals surface area contributed by atoms with Gasteiger partial charge in [-0.2, -0.15) is 0 Å². The molecule has 0 aliphatic carbocycles. The van der Waals surface area contributed by atoms with Gasteiger partial charge in [-0.3, -0.25) is 0 Å². The summed E-state index contributed by atoms with van der Waals surface area (Å²) in [5.74, 6) is -0.506. The second kappa shape index (κ2) is 6.24. The number of hydrogen-bond donors (Lipinski definition) is 0. The van der Waals surface area contributed by atoms with Crippen LogP contribution < -0.4 is 4.74 Å². The van der Waals surface area contributed by atoms with E-state index < -0.39 is 5.97 Å². The lowest BCUT2D eigenvalue weighted by atomic mass is 10.2. The second-order valence-corrected chi connectivity index (χ2v) is 4.35. The minimum absolute atomic E-state index is 0.320. The molecule has 5 heteroatoms. The van der Waals surface area contributed by atoms with E-state index in [1.54, 1.807) is 36.5 Å². The highest BCUT2D eigenvalue weighted by atomic mass is 79.9. The Kier molecular flexibility index (Phi) is 4.41. The number of pyridine rings is 1. The molecule has 0 amide bonds. The maximum Gasteiger partial charge on any atom is 0.336 e. The molecule has 0 radical (unpaired) electrons. The lowest BCUT2D eigenvalue weighted by Gasteiger charge is -2.02. The largest absolute Gasteiger partial charge is 0.420 e. The Balaban J connectivity index is 2.02. The average Bonchev–Trinajstić information content (AvgIpc) is 2.41. The van der Waals surface area contributed by atoms with Crippen LogP contribution >= 0.6 is 15.9 Å². The maximum atomic E-state index is 12.7. The standard InChI is InChI=1S/C14H9BrFNO2/c15-14-12(2-1-9-17-14)19-13(18)8-5-10-3-6-11(16)7-4-10/h1-9H. The van der Waals surface area contributed by atoms with Crippen LogP contribution in [0.25, 0.3) is 6.08 Å². The van der Waals surface area contributed by atoms with Gasteiger partial charge in [0.1, 0.15) is 10.4 Å². The van der Waals surface area contributed by atoms with Crippen LogP contribution in [0.5, 0.6) is 5.75 Å². The summed E-state index contributed by atoms with van der Waals surface area (Å²) < 4.78 is 18.2. The SMILES string of the molecule is O=C(C=Cc1ccc(F)cc1)Oc1cccnc1Br. The molecule has 19 heavy (non-hydrogen) atoms. The van der Waals surface area contributed by atoms with Crippen LogP contribution in [-0.2, 0) is 4.79 Å². The molecule has 0 saturated carbocycles. The fourth-order valence-corrected chi connectivity index (χ4v) is 1.66. The highest BCUT2D eigenvalue weighted by Crippen LogP contribution is 2.21. The van der Waals surface area contributed by atoms with Gasteiger partial charge in [-0.25, -0.2) is 14.2 Å². The van der Waals surface area contributed by atoms with Gasteiger partial charge < -0.3 is 4.74 Å². The summed E-state index contributed by atoms with van der Waals surface area (Å²) in [5, 5.41) is 0. The first-order chi connectivity index (χ1) is 9.15. The molecule has 0 fully saturated rings. The summed E-state index contributed by atoms with van der Waals surface area (Å²) in [4.78, 5) is 15.5. The van der Waals surface area contributed by atoms with Crippen LogP contribution in [0, 0.1) is 5.82 Å². The first kappa shape index (κ1) is 13.4. The molecule has 1 heterocycles. The van der Waals surface area contributed by atoms with Crippen LogP contribution in [0.15, 0.2) is 53.3 Å². The van der Waals surface area contributed by atoms with Crippen LogP contribution in [-0.4, -0.2) is 11.0 Å². The van der Waals surface area contributed by atoms with Crippen molar-refractivity contribution in [1.29, 1.82) is 0 Å². The summed E-state index contributed by atoms with van der Waals surface area (Å²) in [5.41, 5.74) is 0.712. The van der Waals surface area contributed by atoms with Gasteiger partial charge in [0.05, 0.1) is 0 Å². The molecule has 0 aliphatic heterocycles. The second-order valence-electron chi connectivity index (χ2n) is 3.60. The Labute approximate surface area is 117 Å². The molecule has 0 saturated heterocycles. The van der Waals surface area contributed by atoms with E-state index in [0.29, 0.717) is 15.9 Å². The molecule has 0 aliphatic rings. The lowest BCUT2D eigenvalue weighted by molar-refractivity contribution is -0.128. The molecule has 1 aromatic carbocycles. The number of hydrogen-bond acceptors (Lipinski definition) is 3. The van der Waals surface area contributed by atoms with Gasteiger partial charge in [-0.15, -0.1) is 0 Å². The van der Waals surface area contributed by atoms with Crippen molar-refractivity contribution in [2.45, 2.75) is 0 Å². The zero-order valence-corrected chi connectivity index (χ0v) is 11.3. The number of ether oxygens (including phenoxy) is 1. The van der Waals surface area contributed by atoms with Crippen molar-refractivity contribution in [3.05, 3.63) is 64.7 Å². The predicted molar refractivity (Wildman–Crippen MR) is 73.0 cm³/mol. The van der Waals surface area contributed by atoms with E-state index in [9.17, 15) is 9.18 Å². The summed E-state index contributed by atoms with van der Waals surface area (Å²) >= 11 is 3.17. The van der Waals surface area contributed by atoms with Gasteiger partial charge in [0.2, 0.25) is 0 Å². The Bertz CT molecular complexity index is 611. The molecular formula is C14H9BrFNO2. The molecule has 1 aromatic heterocycles. The van der Waals surface area contributed by atoms with E-state index >= 15 is 0 Å². The highest BCUT2D eigenvalue weighted by Gasteiger charge is 2.04. The summed E-state index contributed by atoms with van der Waals surface area (Å²) in [7, 11) is 0. The van der Waals surface area contributed by atoms with Crippen LogP contribution in [0.1, 0.15) is 5.56 Å². The van der Waals surface area contributed by atoms with Crippen LogP contribution in [0.4, 0.5) is 4.39 Å². The van der Waals surface area contributed by atoms with E-state index in [1.165, 1.54) is 18.2 Å². The highest BCUT2D eigenvalue weighted by molar-refractivity contribution is 9.10. The van der Waals surface area contributed by atoms with E-state index in [4.69, 9.17) is 4.74 Å². The smallest absolute Gasteiger partial charge is 0.336 e. The van der Waals surface area contributed by atoms with Gasteiger partial charge in [0, 0.05) is 12.3 Å². The van der Waals surface area contributed by atoms with E-state index in [1.807, 2.05) is 0 Å². The fourth-order valence-electron chi connectivity index (χ4n) is 1.33. The predicted octanol–water partition coefficient (Wildman–Crippen LogP) is 3.60. The van der Waals surface area contributed by atoms with Gasteiger partial charge in [-0.05, 0) is 51.8 Å². The molecule has 0 unspecified atom stereocenters.